The van der Waals surface area contributed by atoms with Crippen LogP contribution in [0.15, 0.2) is 78.9 Å². The first-order valence-electron chi connectivity index (χ1n) is 8.20. The van der Waals surface area contributed by atoms with E-state index >= 15 is 0 Å². The first-order valence-corrected chi connectivity index (χ1v) is 8.20. The van der Waals surface area contributed by atoms with Gasteiger partial charge in [0.1, 0.15) is 11.6 Å². The van der Waals surface area contributed by atoms with Crippen molar-refractivity contribution in [2.24, 2.45) is 0 Å². The summed E-state index contributed by atoms with van der Waals surface area (Å²) in [6.45, 7) is 0.193. The lowest BCUT2D eigenvalue weighted by atomic mass is 10.2. The van der Waals surface area contributed by atoms with E-state index in [1.165, 1.54) is 12.1 Å². The fourth-order valence-corrected chi connectivity index (χ4v) is 2.50. The summed E-state index contributed by atoms with van der Waals surface area (Å²) < 4.78 is 19.0. The van der Waals surface area contributed by atoms with Crippen LogP contribution < -0.4 is 15.0 Å². The van der Waals surface area contributed by atoms with E-state index in [9.17, 15) is 9.18 Å². The Balaban J connectivity index is 1.69. The van der Waals surface area contributed by atoms with Gasteiger partial charge < -0.3 is 15.0 Å². The zero-order chi connectivity index (χ0) is 18.4. The first kappa shape index (κ1) is 17.5. The number of hydrogen-bond donors (Lipinski definition) is 1. The lowest BCUT2D eigenvalue weighted by Crippen LogP contribution is -2.30. The molecule has 0 heterocycles. The van der Waals surface area contributed by atoms with E-state index < -0.39 is 0 Å². The lowest BCUT2D eigenvalue weighted by Gasteiger charge is -2.19. The number of nitrogens with one attached hydrogen (secondary N) is 1. The Morgan fingerprint density at radius 2 is 1.73 bits per heavy atom. The van der Waals surface area contributed by atoms with Gasteiger partial charge in [0.2, 0.25) is 5.91 Å². The number of likely N-dealkylation sites (N-methyl/N-ethyl adjacent to an activating group) is 1. The van der Waals surface area contributed by atoms with Crippen molar-refractivity contribution in [3.63, 3.8) is 0 Å². The molecule has 0 aliphatic heterocycles. The summed E-state index contributed by atoms with van der Waals surface area (Å²) in [5.74, 6) is 0.266. The molecular weight excluding hydrogens is 331 g/mol. The number of anilines is 2. The molecule has 0 bridgehead atoms. The SMILES string of the molecule is CN(CC(=O)Nc1ccccc1Oc1cccc(F)c1)c1ccccc1. The van der Waals surface area contributed by atoms with Crippen LogP contribution in [-0.4, -0.2) is 19.5 Å². The summed E-state index contributed by atoms with van der Waals surface area (Å²) in [5.41, 5.74) is 1.48. The molecule has 1 N–H and O–H groups in total. The number of hydrogen-bond acceptors (Lipinski definition) is 3. The van der Waals surface area contributed by atoms with Gasteiger partial charge in [-0.05, 0) is 36.4 Å². The standard InChI is InChI=1S/C21H19FN2O2/c1-24(17-9-3-2-4-10-17)15-21(25)23-19-12-5-6-13-20(19)26-18-11-7-8-16(22)14-18/h2-14H,15H2,1H3,(H,23,25). The van der Waals surface area contributed by atoms with Gasteiger partial charge in [0, 0.05) is 18.8 Å². The Bertz CT molecular complexity index is 884. The minimum Gasteiger partial charge on any atom is -0.455 e. The quantitative estimate of drug-likeness (QED) is 0.701. The third-order valence-corrected chi connectivity index (χ3v) is 3.76. The van der Waals surface area contributed by atoms with E-state index in [1.807, 2.05) is 42.3 Å². The molecule has 3 aromatic carbocycles. The smallest absolute Gasteiger partial charge is 0.243 e. The number of benzene rings is 3. The summed E-state index contributed by atoms with van der Waals surface area (Å²) in [4.78, 5) is 14.2. The molecule has 0 unspecified atom stereocenters. The first-order chi connectivity index (χ1) is 12.6. The molecular formula is C21H19FN2O2. The van der Waals surface area contributed by atoms with Gasteiger partial charge >= 0.3 is 0 Å². The fraction of sp³-hybridized carbons (Fsp3) is 0.0952. The molecule has 0 saturated carbocycles. The predicted molar refractivity (Wildman–Crippen MR) is 101 cm³/mol. The van der Waals surface area contributed by atoms with E-state index in [0.717, 1.165) is 5.69 Å². The van der Waals surface area contributed by atoms with Gasteiger partial charge in [0.15, 0.2) is 5.75 Å². The number of ether oxygens (including phenoxy) is 1. The second-order valence-electron chi connectivity index (χ2n) is 5.80. The minimum absolute atomic E-state index is 0.174. The average molecular weight is 350 g/mol. The lowest BCUT2D eigenvalue weighted by molar-refractivity contribution is -0.114. The molecule has 0 fully saturated rings. The summed E-state index contributed by atoms with van der Waals surface area (Å²) in [6, 6.07) is 22.6. The van der Waals surface area contributed by atoms with Crippen molar-refractivity contribution < 1.29 is 13.9 Å². The van der Waals surface area contributed by atoms with E-state index in [2.05, 4.69) is 5.32 Å². The van der Waals surface area contributed by atoms with Crippen molar-refractivity contribution >= 4 is 17.3 Å². The van der Waals surface area contributed by atoms with E-state index in [1.54, 1.807) is 36.4 Å². The van der Waals surface area contributed by atoms with Crippen LogP contribution in [0.1, 0.15) is 0 Å². The van der Waals surface area contributed by atoms with E-state index in [4.69, 9.17) is 4.74 Å². The molecule has 4 nitrogen and oxygen atoms in total. The molecule has 0 atom stereocenters. The van der Waals surface area contributed by atoms with Crippen molar-refractivity contribution in [3.8, 4) is 11.5 Å². The van der Waals surface area contributed by atoms with Crippen LogP contribution in [-0.2, 0) is 4.79 Å². The van der Waals surface area contributed by atoms with Crippen molar-refractivity contribution in [2.75, 3.05) is 23.8 Å². The number of amides is 1. The van der Waals surface area contributed by atoms with Crippen LogP contribution in [0.3, 0.4) is 0 Å². The maximum atomic E-state index is 13.3. The van der Waals surface area contributed by atoms with Crippen molar-refractivity contribution in [2.45, 2.75) is 0 Å². The molecule has 5 heteroatoms. The molecule has 132 valence electrons. The number of nitrogens with zero attached hydrogens (tertiary/aromatic N) is 1. The molecule has 26 heavy (non-hydrogen) atoms. The van der Waals surface area contributed by atoms with Gasteiger partial charge in [0.05, 0.1) is 12.2 Å². The van der Waals surface area contributed by atoms with Crippen LogP contribution in [0.5, 0.6) is 11.5 Å². The summed E-state index contributed by atoms with van der Waals surface area (Å²) in [5, 5.41) is 2.85. The summed E-state index contributed by atoms with van der Waals surface area (Å²) in [6.07, 6.45) is 0. The Kier molecular flexibility index (Phi) is 5.49. The Hall–Kier alpha value is -3.34. The summed E-state index contributed by atoms with van der Waals surface area (Å²) in [7, 11) is 1.85. The van der Waals surface area contributed by atoms with Gasteiger partial charge in [-0.3, -0.25) is 4.79 Å². The highest BCUT2D eigenvalue weighted by Crippen LogP contribution is 2.29. The van der Waals surface area contributed by atoms with Crippen molar-refractivity contribution in [1.29, 1.82) is 0 Å². The van der Waals surface area contributed by atoms with Crippen LogP contribution in [0.25, 0.3) is 0 Å². The van der Waals surface area contributed by atoms with Crippen LogP contribution in [0.2, 0.25) is 0 Å². The van der Waals surface area contributed by atoms with Crippen LogP contribution in [0, 0.1) is 5.82 Å². The maximum Gasteiger partial charge on any atom is 0.243 e. The third-order valence-electron chi connectivity index (χ3n) is 3.76. The molecule has 0 saturated heterocycles. The molecule has 0 aromatic heterocycles. The monoisotopic (exact) mass is 350 g/mol. The van der Waals surface area contributed by atoms with Gasteiger partial charge in [-0.2, -0.15) is 0 Å². The van der Waals surface area contributed by atoms with Gasteiger partial charge in [-0.25, -0.2) is 4.39 Å². The van der Waals surface area contributed by atoms with Crippen LogP contribution in [0.4, 0.5) is 15.8 Å². The molecule has 0 radical (unpaired) electrons. The van der Waals surface area contributed by atoms with E-state index in [-0.39, 0.29) is 18.3 Å². The zero-order valence-electron chi connectivity index (χ0n) is 14.4. The average Bonchev–Trinajstić information content (AvgIpc) is 2.64. The second kappa shape index (κ2) is 8.16. The number of rotatable bonds is 6. The van der Waals surface area contributed by atoms with Gasteiger partial charge in [-0.15, -0.1) is 0 Å². The zero-order valence-corrected chi connectivity index (χ0v) is 14.4. The van der Waals surface area contributed by atoms with Gasteiger partial charge in [-0.1, -0.05) is 36.4 Å². The fourth-order valence-electron chi connectivity index (χ4n) is 2.50. The Morgan fingerprint density at radius 3 is 2.50 bits per heavy atom. The number of halogens is 1. The topological polar surface area (TPSA) is 41.6 Å². The number of carbonyl (C=O) groups excluding carboxylic acids is 1. The van der Waals surface area contributed by atoms with Crippen LogP contribution >= 0.6 is 0 Å². The predicted octanol–water partition coefficient (Wildman–Crippen LogP) is 4.69. The molecule has 3 rings (SSSR count). The molecule has 1 amide bonds. The molecule has 0 aliphatic rings. The molecule has 0 aliphatic carbocycles. The molecule has 3 aromatic rings. The highest BCUT2D eigenvalue weighted by Gasteiger charge is 2.11. The highest BCUT2D eigenvalue weighted by molar-refractivity contribution is 5.95. The maximum absolute atomic E-state index is 13.3. The third kappa shape index (κ3) is 4.60. The Labute approximate surface area is 151 Å². The highest BCUT2D eigenvalue weighted by atomic mass is 19.1. The Morgan fingerprint density at radius 1 is 1.00 bits per heavy atom. The van der Waals surface area contributed by atoms with Gasteiger partial charge in [0.25, 0.3) is 0 Å². The van der Waals surface area contributed by atoms with Crippen molar-refractivity contribution in [3.05, 3.63) is 84.7 Å². The largest absolute Gasteiger partial charge is 0.455 e. The number of carbonyl (C=O) groups is 1. The second-order valence-corrected chi connectivity index (χ2v) is 5.80. The number of para-hydroxylation sites is 3. The normalized spacial score (nSPS) is 10.2. The molecule has 0 spiro atoms. The minimum atomic E-state index is -0.381. The van der Waals surface area contributed by atoms with E-state index in [0.29, 0.717) is 17.2 Å². The van der Waals surface area contributed by atoms with Crippen molar-refractivity contribution in [1.82, 2.24) is 0 Å². The summed E-state index contributed by atoms with van der Waals surface area (Å²) >= 11 is 0.